The first-order valence-corrected chi connectivity index (χ1v) is 22.2. The average Bonchev–Trinajstić information content (AvgIpc) is 3.99. The van der Waals surface area contributed by atoms with E-state index in [1.54, 1.807) is 92.7 Å². The third kappa shape index (κ3) is 47.6. The second-order valence-electron chi connectivity index (χ2n) is 10.7. The second kappa shape index (κ2) is 106. The molecule has 3 aromatic rings. The third-order valence-corrected chi connectivity index (χ3v) is 7.79. The molecule has 0 radical (unpaired) electrons. The highest BCUT2D eigenvalue weighted by atomic mass is 16.1. The molecule has 0 bridgehead atoms. The highest BCUT2D eigenvalue weighted by Gasteiger charge is 2.33. The van der Waals surface area contributed by atoms with E-state index in [0.717, 1.165) is 18.1 Å². The van der Waals surface area contributed by atoms with Crippen molar-refractivity contribution < 1.29 is 24.0 Å². The molecule has 3 aliphatic rings. The number of carbonyl (C=O) groups excluding carboxylic acids is 5. The van der Waals surface area contributed by atoms with Crippen molar-refractivity contribution in [2.75, 3.05) is 0 Å². The summed E-state index contributed by atoms with van der Waals surface area (Å²) in [5, 5.41) is 26.8. The molecule has 87 heavy (non-hydrogen) atoms. The number of rotatable bonds is 0. The number of allylic oxidation sites excluding steroid dienone is 9. The summed E-state index contributed by atoms with van der Waals surface area (Å²) in [5.41, 5.74) is 6.15. The standard InChI is InChI=1S/2C14H8N2O.C12H6N2O.2C2H4O.6C2H6.20CH4/c1-3-9-13(12(8-15)16-2)10-6-4-5-7-11(10)14(9)17;1-2-10-13(9(7-15)8-16)11-5-3-4-6-12(11)14(10)17;1-13-12(14-2)10-7-11(15)9-6-4-3-5-8(9)10;2*1-2-3;6*1-2;;;;;;;;;;;;;;;;;;;;/h3-7H,1H3;2-6H,1H3;3-6H,7H2;2*2H,1H3;6*1-2H3;20*1H4/b9-3+,13-12+;10-2+;;;;;;;;;;;;;;;;;;;;;;;;;;;;;. The highest BCUT2D eigenvalue weighted by molar-refractivity contribution is 6.28. The first-order valence-electron chi connectivity index (χ1n) is 22.2. The van der Waals surface area contributed by atoms with Crippen molar-refractivity contribution in [3.05, 3.63) is 181 Å². The Hall–Kier alpha value is -8.35. The van der Waals surface area contributed by atoms with Gasteiger partial charge in [-0.25, -0.2) is 10.1 Å². The lowest BCUT2D eigenvalue weighted by molar-refractivity contribution is -0.106. The van der Waals surface area contributed by atoms with Gasteiger partial charge in [-0.3, -0.25) is 14.4 Å². The molecule has 11 nitrogen and oxygen atoms in total. The quantitative estimate of drug-likeness (QED) is 0.0927. The fourth-order valence-corrected chi connectivity index (χ4v) is 5.65. The van der Waals surface area contributed by atoms with Gasteiger partial charge in [-0.15, -0.1) is 0 Å². The van der Waals surface area contributed by atoms with E-state index in [-0.39, 0.29) is 189 Å². The molecule has 0 heterocycles. The van der Waals surface area contributed by atoms with Crippen LogP contribution in [0, 0.1) is 53.7 Å². The maximum Gasteiger partial charge on any atom is 0.523 e. The molecule has 11 heteroatoms. The van der Waals surface area contributed by atoms with Crippen LogP contribution in [-0.4, -0.2) is 29.9 Å². The fraction of sp³-hybridized carbons (Fsp3) is 0.487. The molecule has 0 N–H and O–H groups in total. The summed E-state index contributed by atoms with van der Waals surface area (Å²) in [5.74, 6) is -0.241. The van der Waals surface area contributed by atoms with Gasteiger partial charge in [0, 0.05) is 45.4 Å². The van der Waals surface area contributed by atoms with Gasteiger partial charge in [0.1, 0.15) is 43.4 Å². The summed E-state index contributed by atoms with van der Waals surface area (Å²) >= 11 is 0. The Bertz CT molecular complexity index is 2340. The van der Waals surface area contributed by atoms with E-state index in [2.05, 4.69) is 14.5 Å². The van der Waals surface area contributed by atoms with Gasteiger partial charge >= 0.3 is 5.82 Å². The SMILES string of the molecule is C.C.C.C.C.C.C.C.C.C.C.C.C.C.C.C.C.C.C.C.C/C=C1/C(=O)c2ccccc2C1=C(C#N)C#N.CC.CC.CC.CC.CC.CC.CC=O.CC=O.[C-]#[N+]/C(C#N)=C1\C(=C/C)C(=O)c2ccccc21.[C-]#[N+]C([N+]#[C-])=C1CC(=O)c2ccccc21. The van der Waals surface area contributed by atoms with Crippen molar-refractivity contribution in [3.63, 3.8) is 0 Å². The summed E-state index contributed by atoms with van der Waals surface area (Å²) in [4.78, 5) is 62.8. The zero-order chi connectivity index (χ0) is 53.1. The van der Waals surface area contributed by atoms with E-state index in [1.165, 1.54) is 13.8 Å². The zero-order valence-electron chi connectivity index (χ0n) is 42.2. The number of ketones is 3. The van der Waals surface area contributed by atoms with Crippen LogP contribution in [0.3, 0.4) is 0 Å². The normalized spacial score (nSPS) is 9.56. The molecule has 0 saturated carbocycles. The number of nitrogens with zero attached hydrogens (tertiary/aromatic N) is 6. The van der Waals surface area contributed by atoms with Crippen molar-refractivity contribution in [1.82, 2.24) is 0 Å². The van der Waals surface area contributed by atoms with Crippen LogP contribution in [0.25, 0.3) is 31.3 Å². The van der Waals surface area contributed by atoms with Crippen molar-refractivity contribution in [3.8, 4) is 18.2 Å². The molecule has 6 rings (SSSR count). The van der Waals surface area contributed by atoms with E-state index in [0.29, 0.717) is 55.7 Å². The van der Waals surface area contributed by atoms with Crippen molar-refractivity contribution in [2.24, 2.45) is 0 Å². The third-order valence-electron chi connectivity index (χ3n) is 7.79. The Morgan fingerprint density at radius 2 is 0.632 bits per heavy atom. The summed E-state index contributed by atoms with van der Waals surface area (Å²) in [6, 6.07) is 26.7. The van der Waals surface area contributed by atoms with E-state index >= 15 is 0 Å². The number of aldehydes is 2. The Morgan fingerprint density at radius 1 is 0.391 bits per heavy atom. The summed E-state index contributed by atoms with van der Waals surface area (Å²) in [6.45, 7) is 51.1. The lowest BCUT2D eigenvalue weighted by Crippen LogP contribution is -1.94. The molecule has 0 spiro atoms. The molecule has 0 unspecified atom stereocenters. The van der Waals surface area contributed by atoms with E-state index in [4.69, 9.17) is 45.1 Å². The number of hydrogen-bond donors (Lipinski definition) is 0. The van der Waals surface area contributed by atoms with Crippen LogP contribution in [0.5, 0.6) is 0 Å². The molecule has 510 valence electrons. The first-order chi connectivity index (χ1) is 32.6. The average molecular weight is 1220 g/mol. The molecule has 3 aliphatic carbocycles. The van der Waals surface area contributed by atoms with Gasteiger partial charge in [-0.05, 0) is 44.4 Å². The van der Waals surface area contributed by atoms with Crippen LogP contribution in [0.15, 0.2) is 113 Å². The Morgan fingerprint density at radius 3 is 0.874 bits per heavy atom. The Balaban J connectivity index is -0.0000000230. The lowest BCUT2D eigenvalue weighted by atomic mass is 10.00. The van der Waals surface area contributed by atoms with Crippen molar-refractivity contribution >= 4 is 46.6 Å². The molecule has 0 fully saturated rings. The van der Waals surface area contributed by atoms with Crippen LogP contribution < -0.4 is 0 Å². The van der Waals surface area contributed by atoms with Crippen LogP contribution in [-0.2, 0) is 9.59 Å². The van der Waals surface area contributed by atoms with E-state index < -0.39 is 0 Å². The van der Waals surface area contributed by atoms with Crippen molar-refractivity contribution in [2.45, 2.75) is 266 Å². The minimum absolute atomic E-state index is 0. The van der Waals surface area contributed by atoms with Gasteiger partial charge in [0.2, 0.25) is 0 Å². The van der Waals surface area contributed by atoms with E-state index in [1.807, 2.05) is 107 Å². The monoisotopic (exact) mass is 1220 g/mol. The second-order valence-corrected chi connectivity index (χ2v) is 10.7. The highest BCUT2D eigenvalue weighted by Crippen LogP contribution is 2.40. The zero-order valence-corrected chi connectivity index (χ0v) is 42.2. The Labute approximate surface area is 548 Å². The fourth-order valence-electron chi connectivity index (χ4n) is 5.65. The lowest BCUT2D eigenvalue weighted by Gasteiger charge is -2.00. The number of hydrogen-bond acceptors (Lipinski definition) is 8. The number of fused-ring (bicyclic) bond motifs is 3. The van der Waals surface area contributed by atoms with Gasteiger partial charge in [-0.2, -0.15) is 20.2 Å². The van der Waals surface area contributed by atoms with Crippen LogP contribution >= 0.6 is 0 Å². The maximum atomic E-state index is 12.1. The van der Waals surface area contributed by atoms with Crippen molar-refractivity contribution in [1.29, 1.82) is 15.8 Å². The summed E-state index contributed by atoms with van der Waals surface area (Å²) in [6.07, 6.45) is 4.98. The number of Topliss-reactive ketones (excluding diaryl/α,β-unsaturated/α-hetero) is 3. The molecule has 0 amide bonds. The Kier molecular flexibility index (Phi) is 200. The summed E-state index contributed by atoms with van der Waals surface area (Å²) < 4.78 is 0. The first kappa shape index (κ1) is 165. The number of nitriles is 3. The predicted octanol–water partition coefficient (Wildman–Crippen LogP) is 27.7. The topological polar surface area (TPSA) is 170 Å². The largest absolute Gasteiger partial charge is 0.523 e. The smallest absolute Gasteiger partial charge is 0.304 e. The van der Waals surface area contributed by atoms with Gasteiger partial charge < -0.3 is 9.59 Å². The number of carbonyl (C=O) groups is 5. The van der Waals surface area contributed by atoms with Gasteiger partial charge in [-0.1, -0.05) is 317 Å². The molecule has 0 saturated heterocycles. The molecular weight excluding hydrogens is 1080 g/mol. The molecule has 3 aromatic carbocycles. The minimum Gasteiger partial charge on any atom is -0.304 e. The molecule has 0 atom stereocenters. The minimum atomic E-state index is -0.124. The van der Waals surface area contributed by atoms with Gasteiger partial charge in [0.25, 0.3) is 5.70 Å². The van der Waals surface area contributed by atoms with Crippen LogP contribution in [0.2, 0.25) is 0 Å². The number of benzene rings is 3. The van der Waals surface area contributed by atoms with E-state index in [9.17, 15) is 14.4 Å². The molecule has 0 aromatic heterocycles. The summed E-state index contributed by atoms with van der Waals surface area (Å²) in [7, 11) is 0. The van der Waals surface area contributed by atoms with Gasteiger partial charge in [0.05, 0.1) is 18.2 Å². The maximum absolute atomic E-state index is 12.1. The molecular formula is C76H146N6O5. The van der Waals surface area contributed by atoms with Crippen LogP contribution in [0.1, 0.15) is 313 Å². The van der Waals surface area contributed by atoms with Gasteiger partial charge in [0.15, 0.2) is 17.3 Å². The predicted molar refractivity (Wildman–Crippen MR) is 408 cm³/mol. The molecule has 0 aliphatic heterocycles. The van der Waals surface area contributed by atoms with Crippen LogP contribution in [0.4, 0.5) is 0 Å².